The van der Waals surface area contributed by atoms with Gasteiger partial charge >= 0.3 is 0 Å². The number of carbonyl (C=O) groups is 2. The number of piperazine rings is 1. The number of benzene rings is 1. The second-order valence-corrected chi connectivity index (χ2v) is 7.22. The second kappa shape index (κ2) is 9.56. The van der Waals surface area contributed by atoms with Crippen LogP contribution < -0.4 is 5.32 Å². The van der Waals surface area contributed by atoms with Gasteiger partial charge in [0.1, 0.15) is 0 Å². The minimum Gasteiger partial charge on any atom is -0.340 e. The van der Waals surface area contributed by atoms with Gasteiger partial charge in [0.25, 0.3) is 5.91 Å². The minimum atomic E-state index is 0.0254. The fourth-order valence-electron chi connectivity index (χ4n) is 2.99. The third-order valence-electron chi connectivity index (χ3n) is 4.59. The Bertz CT molecular complexity index is 580. The molecule has 25 heavy (non-hydrogen) atoms. The Hall–Kier alpha value is -1.88. The number of rotatable bonds is 7. The third kappa shape index (κ3) is 6.16. The first-order chi connectivity index (χ1) is 12.0. The maximum absolute atomic E-state index is 12.9. The van der Waals surface area contributed by atoms with Crippen molar-refractivity contribution >= 4 is 11.8 Å². The van der Waals surface area contributed by atoms with Gasteiger partial charge in [-0.05, 0) is 31.4 Å². The first kappa shape index (κ1) is 19.4. The first-order valence-electron chi connectivity index (χ1n) is 9.32. The summed E-state index contributed by atoms with van der Waals surface area (Å²) in [7, 11) is 0. The minimum absolute atomic E-state index is 0.0254. The number of hydrogen-bond acceptors (Lipinski definition) is 3. The predicted octanol–water partition coefficient (Wildman–Crippen LogP) is 2.31. The number of nitrogens with zero attached hydrogens (tertiary/aromatic N) is 2. The molecule has 0 radical (unpaired) electrons. The maximum Gasteiger partial charge on any atom is 0.253 e. The van der Waals surface area contributed by atoms with E-state index in [2.05, 4.69) is 19.2 Å². The number of nitrogens with one attached hydrogen (secondary N) is 1. The van der Waals surface area contributed by atoms with E-state index in [-0.39, 0.29) is 11.8 Å². The van der Waals surface area contributed by atoms with Crippen LogP contribution in [-0.2, 0) is 4.79 Å². The molecule has 1 fully saturated rings. The number of amides is 2. The van der Waals surface area contributed by atoms with Crippen molar-refractivity contribution in [2.45, 2.75) is 33.6 Å². The highest BCUT2D eigenvalue weighted by Gasteiger charge is 2.20. The maximum atomic E-state index is 12.9. The van der Waals surface area contributed by atoms with Crippen LogP contribution in [0.25, 0.3) is 0 Å². The molecule has 1 saturated heterocycles. The van der Waals surface area contributed by atoms with Crippen LogP contribution in [0.5, 0.6) is 0 Å². The quantitative estimate of drug-likeness (QED) is 0.825. The summed E-state index contributed by atoms with van der Waals surface area (Å²) in [5, 5.41) is 3.25. The van der Waals surface area contributed by atoms with Crippen LogP contribution in [0.2, 0.25) is 0 Å². The van der Waals surface area contributed by atoms with Gasteiger partial charge in [0, 0.05) is 51.3 Å². The summed E-state index contributed by atoms with van der Waals surface area (Å²) in [6.07, 6.45) is 1.34. The van der Waals surface area contributed by atoms with Gasteiger partial charge in [0.05, 0.1) is 0 Å². The van der Waals surface area contributed by atoms with Gasteiger partial charge in [-0.3, -0.25) is 9.59 Å². The van der Waals surface area contributed by atoms with Crippen molar-refractivity contribution in [3.63, 3.8) is 0 Å². The van der Waals surface area contributed by atoms with Crippen molar-refractivity contribution < 1.29 is 9.59 Å². The largest absolute Gasteiger partial charge is 0.340 e. The van der Waals surface area contributed by atoms with Crippen molar-refractivity contribution in [1.29, 1.82) is 0 Å². The molecule has 138 valence electrons. The highest BCUT2D eigenvalue weighted by Crippen LogP contribution is 2.11. The molecule has 5 nitrogen and oxygen atoms in total. The predicted molar refractivity (Wildman–Crippen MR) is 101 cm³/mol. The van der Waals surface area contributed by atoms with Crippen molar-refractivity contribution in [2.24, 2.45) is 5.92 Å². The summed E-state index contributed by atoms with van der Waals surface area (Å²) in [6.45, 7) is 10.7. The zero-order valence-corrected chi connectivity index (χ0v) is 15.8. The Morgan fingerprint density at radius 3 is 2.56 bits per heavy atom. The number of carbonyl (C=O) groups excluding carboxylic acids is 2. The summed E-state index contributed by atoms with van der Waals surface area (Å²) in [6, 6.07) is 7.68. The van der Waals surface area contributed by atoms with E-state index in [1.807, 2.05) is 41.0 Å². The van der Waals surface area contributed by atoms with Gasteiger partial charge in [-0.1, -0.05) is 31.5 Å². The molecule has 1 heterocycles. The van der Waals surface area contributed by atoms with E-state index in [4.69, 9.17) is 0 Å². The molecular formula is C20H31N3O2. The van der Waals surface area contributed by atoms with Gasteiger partial charge in [0.15, 0.2) is 0 Å². The lowest BCUT2D eigenvalue weighted by Gasteiger charge is -2.29. The Balaban J connectivity index is 1.99. The zero-order chi connectivity index (χ0) is 18.2. The van der Waals surface area contributed by atoms with Crippen LogP contribution >= 0.6 is 0 Å². The fraction of sp³-hybridized carbons (Fsp3) is 0.600. The van der Waals surface area contributed by atoms with E-state index in [9.17, 15) is 9.59 Å². The van der Waals surface area contributed by atoms with E-state index < -0.39 is 0 Å². The van der Waals surface area contributed by atoms with Gasteiger partial charge in [-0.25, -0.2) is 0 Å². The summed E-state index contributed by atoms with van der Waals surface area (Å²) < 4.78 is 0. The molecular weight excluding hydrogens is 314 g/mol. The summed E-state index contributed by atoms with van der Waals surface area (Å²) >= 11 is 0. The smallest absolute Gasteiger partial charge is 0.253 e. The molecule has 0 unspecified atom stereocenters. The lowest BCUT2D eigenvalue weighted by Crippen LogP contribution is -2.47. The summed E-state index contributed by atoms with van der Waals surface area (Å²) in [5.41, 5.74) is 1.78. The van der Waals surface area contributed by atoms with E-state index in [0.29, 0.717) is 31.0 Å². The number of hydrogen-bond donors (Lipinski definition) is 1. The molecule has 1 N–H and O–H groups in total. The standard InChI is InChI=1S/C20H31N3O2/c1-16(2)7-11-23(20(25)18-6-4-5-17(3)15-18)12-8-19(24)22-13-9-21-10-14-22/h4-6,15-16,21H,7-14H2,1-3H3. The van der Waals surface area contributed by atoms with Gasteiger partial charge in [-0.15, -0.1) is 0 Å². The molecule has 0 atom stereocenters. The fourth-order valence-corrected chi connectivity index (χ4v) is 2.99. The molecule has 5 heteroatoms. The molecule has 0 saturated carbocycles. The molecule has 1 aliphatic heterocycles. The lowest BCUT2D eigenvalue weighted by atomic mass is 10.1. The van der Waals surface area contributed by atoms with Gasteiger partial charge in [0.2, 0.25) is 5.91 Å². The highest BCUT2D eigenvalue weighted by molar-refractivity contribution is 5.94. The van der Waals surface area contributed by atoms with Crippen molar-refractivity contribution in [3.05, 3.63) is 35.4 Å². The Morgan fingerprint density at radius 2 is 1.92 bits per heavy atom. The first-order valence-corrected chi connectivity index (χ1v) is 9.32. The van der Waals surface area contributed by atoms with E-state index in [1.165, 1.54) is 0 Å². The molecule has 0 aromatic heterocycles. The van der Waals surface area contributed by atoms with Crippen LogP contribution in [-0.4, -0.2) is 60.9 Å². The van der Waals surface area contributed by atoms with Crippen molar-refractivity contribution in [2.75, 3.05) is 39.3 Å². The van der Waals surface area contributed by atoms with Crippen LogP contribution in [0, 0.1) is 12.8 Å². The van der Waals surface area contributed by atoms with Crippen molar-refractivity contribution in [1.82, 2.24) is 15.1 Å². The normalized spacial score (nSPS) is 14.6. The number of aryl methyl sites for hydroxylation is 1. The Labute approximate surface area is 151 Å². The second-order valence-electron chi connectivity index (χ2n) is 7.22. The van der Waals surface area contributed by atoms with Gasteiger partial charge < -0.3 is 15.1 Å². The van der Waals surface area contributed by atoms with E-state index >= 15 is 0 Å². The van der Waals surface area contributed by atoms with Crippen LogP contribution in [0.1, 0.15) is 42.6 Å². The molecule has 1 aromatic rings. The van der Waals surface area contributed by atoms with E-state index in [0.717, 1.165) is 38.2 Å². The molecule has 2 amide bonds. The SMILES string of the molecule is Cc1cccc(C(=O)N(CCC(=O)N2CCNCC2)CCC(C)C)c1. The molecule has 2 rings (SSSR count). The van der Waals surface area contributed by atoms with E-state index in [1.54, 1.807) is 0 Å². The Morgan fingerprint density at radius 1 is 1.20 bits per heavy atom. The zero-order valence-electron chi connectivity index (χ0n) is 15.8. The lowest BCUT2D eigenvalue weighted by molar-refractivity contribution is -0.131. The topological polar surface area (TPSA) is 52.7 Å². The summed E-state index contributed by atoms with van der Waals surface area (Å²) in [5.74, 6) is 0.697. The van der Waals surface area contributed by atoms with Crippen molar-refractivity contribution in [3.8, 4) is 0 Å². The average Bonchev–Trinajstić information content (AvgIpc) is 2.61. The molecule has 0 spiro atoms. The third-order valence-corrected chi connectivity index (χ3v) is 4.59. The summed E-state index contributed by atoms with van der Waals surface area (Å²) in [4.78, 5) is 29.0. The molecule has 0 bridgehead atoms. The van der Waals surface area contributed by atoms with Crippen LogP contribution in [0.15, 0.2) is 24.3 Å². The highest BCUT2D eigenvalue weighted by atomic mass is 16.2. The molecule has 0 aliphatic carbocycles. The Kier molecular flexibility index (Phi) is 7.44. The molecule has 1 aromatic carbocycles. The van der Waals surface area contributed by atoms with Crippen LogP contribution in [0.3, 0.4) is 0 Å². The monoisotopic (exact) mass is 345 g/mol. The molecule has 1 aliphatic rings. The average molecular weight is 345 g/mol. The van der Waals surface area contributed by atoms with Gasteiger partial charge in [-0.2, -0.15) is 0 Å². The van der Waals surface area contributed by atoms with Crippen LogP contribution in [0.4, 0.5) is 0 Å².